The molecule has 0 aliphatic rings. The average molecular weight is 234 g/mol. The Morgan fingerprint density at radius 3 is 2.43 bits per heavy atom. The van der Waals surface area contributed by atoms with Crippen molar-refractivity contribution in [2.45, 2.75) is 19.1 Å². The van der Waals surface area contributed by atoms with Gasteiger partial charge in [-0.05, 0) is 31.7 Å². The minimum atomic E-state index is -0.501. The Labute approximate surface area is 93.8 Å². The molecule has 2 N–H and O–H groups in total. The summed E-state index contributed by atoms with van der Waals surface area (Å²) >= 11 is 11.8. The number of hydrogen-bond acceptors (Lipinski definition) is 2. The van der Waals surface area contributed by atoms with Crippen molar-refractivity contribution >= 4 is 23.2 Å². The van der Waals surface area contributed by atoms with E-state index < -0.39 is 6.10 Å². The van der Waals surface area contributed by atoms with Gasteiger partial charge in [0.1, 0.15) is 0 Å². The number of aliphatic hydroxyl groups excluding tert-OH is 1. The molecule has 1 aromatic carbocycles. The van der Waals surface area contributed by atoms with Gasteiger partial charge in [0.2, 0.25) is 0 Å². The quantitative estimate of drug-likeness (QED) is 0.842. The Morgan fingerprint density at radius 2 is 2.00 bits per heavy atom. The van der Waals surface area contributed by atoms with Crippen molar-refractivity contribution in [3.8, 4) is 0 Å². The van der Waals surface area contributed by atoms with Crippen LogP contribution in [0.3, 0.4) is 0 Å². The molecule has 1 aromatic rings. The van der Waals surface area contributed by atoms with E-state index in [0.717, 1.165) is 5.56 Å². The van der Waals surface area contributed by atoms with Crippen molar-refractivity contribution in [3.05, 3.63) is 33.8 Å². The summed E-state index contributed by atoms with van der Waals surface area (Å²) in [5.41, 5.74) is 0.855. The molecule has 0 amide bonds. The molecule has 78 valence electrons. The molecule has 0 fully saturated rings. The molecule has 0 bridgehead atoms. The molecule has 14 heavy (non-hydrogen) atoms. The van der Waals surface area contributed by atoms with Gasteiger partial charge in [-0.3, -0.25) is 0 Å². The van der Waals surface area contributed by atoms with Crippen molar-refractivity contribution in [2.24, 2.45) is 0 Å². The van der Waals surface area contributed by atoms with Crippen molar-refractivity contribution in [1.29, 1.82) is 0 Å². The Bertz CT molecular complexity index is 315. The topological polar surface area (TPSA) is 32.3 Å². The summed E-state index contributed by atoms with van der Waals surface area (Å²) in [6.07, 6.45) is -0.501. The molecular formula is C10H13Cl2NO. The number of nitrogens with one attached hydrogen (secondary N) is 1. The van der Waals surface area contributed by atoms with Crippen molar-refractivity contribution in [1.82, 2.24) is 5.32 Å². The summed E-state index contributed by atoms with van der Waals surface area (Å²) in [5.74, 6) is 0. The first-order valence-electron chi connectivity index (χ1n) is 4.36. The largest absolute Gasteiger partial charge is 0.391 e. The molecule has 4 heteroatoms. The molecule has 0 saturated carbocycles. The van der Waals surface area contributed by atoms with Crippen LogP contribution < -0.4 is 5.32 Å². The highest BCUT2D eigenvalue weighted by Crippen LogP contribution is 2.27. The normalized spacial score (nSPS) is 15.2. The zero-order chi connectivity index (χ0) is 10.7. The zero-order valence-electron chi connectivity index (χ0n) is 8.09. The molecule has 0 saturated heterocycles. The van der Waals surface area contributed by atoms with E-state index in [9.17, 15) is 5.11 Å². The second-order valence-electron chi connectivity index (χ2n) is 3.17. The summed E-state index contributed by atoms with van der Waals surface area (Å²) < 4.78 is 0. The van der Waals surface area contributed by atoms with E-state index in [4.69, 9.17) is 23.2 Å². The molecular weight excluding hydrogens is 221 g/mol. The Morgan fingerprint density at radius 1 is 1.36 bits per heavy atom. The van der Waals surface area contributed by atoms with Crippen LogP contribution in [0.1, 0.15) is 18.5 Å². The van der Waals surface area contributed by atoms with Gasteiger partial charge in [-0.1, -0.05) is 29.3 Å². The van der Waals surface area contributed by atoms with E-state index in [1.54, 1.807) is 26.1 Å². The van der Waals surface area contributed by atoms with Gasteiger partial charge in [0.05, 0.1) is 12.1 Å². The lowest BCUT2D eigenvalue weighted by atomic mass is 10.0. The second-order valence-corrected chi connectivity index (χ2v) is 4.02. The first-order valence-corrected chi connectivity index (χ1v) is 5.12. The second kappa shape index (κ2) is 4.99. The van der Waals surface area contributed by atoms with Crippen LogP contribution in [-0.4, -0.2) is 18.3 Å². The van der Waals surface area contributed by atoms with Gasteiger partial charge < -0.3 is 10.4 Å². The maximum absolute atomic E-state index is 9.51. The fourth-order valence-electron chi connectivity index (χ4n) is 1.41. The average Bonchev–Trinajstić information content (AvgIpc) is 2.09. The Kier molecular flexibility index (Phi) is 4.20. The minimum Gasteiger partial charge on any atom is -0.391 e. The summed E-state index contributed by atoms with van der Waals surface area (Å²) in [6.45, 7) is 1.71. The molecule has 2 atom stereocenters. The molecule has 1 rings (SSSR count). The Hall–Kier alpha value is -0.280. The molecule has 0 aromatic heterocycles. The smallest absolute Gasteiger partial charge is 0.0707 e. The van der Waals surface area contributed by atoms with E-state index >= 15 is 0 Å². The Balaban J connectivity index is 3.04. The van der Waals surface area contributed by atoms with Crippen molar-refractivity contribution < 1.29 is 5.11 Å². The lowest BCUT2D eigenvalue weighted by Gasteiger charge is -2.20. The fourth-order valence-corrected chi connectivity index (χ4v) is 1.94. The monoisotopic (exact) mass is 233 g/mol. The van der Waals surface area contributed by atoms with E-state index in [1.807, 2.05) is 6.07 Å². The number of likely N-dealkylation sites (N-methyl/N-ethyl adjacent to an activating group) is 1. The van der Waals surface area contributed by atoms with E-state index in [-0.39, 0.29) is 6.04 Å². The van der Waals surface area contributed by atoms with Gasteiger partial charge in [-0.15, -0.1) is 0 Å². The third kappa shape index (κ3) is 2.61. The maximum atomic E-state index is 9.51. The molecule has 2 nitrogen and oxygen atoms in total. The maximum Gasteiger partial charge on any atom is 0.0707 e. The third-order valence-electron chi connectivity index (χ3n) is 2.09. The molecule has 0 heterocycles. The SMILES string of the molecule is CNC(c1ccc(Cl)cc1Cl)C(C)O. The van der Waals surface area contributed by atoms with Gasteiger partial charge in [0.25, 0.3) is 0 Å². The van der Waals surface area contributed by atoms with Crippen LogP contribution in [0.2, 0.25) is 10.0 Å². The first kappa shape index (κ1) is 11.8. The highest BCUT2D eigenvalue weighted by Gasteiger charge is 2.17. The van der Waals surface area contributed by atoms with Crippen LogP contribution in [0, 0.1) is 0 Å². The van der Waals surface area contributed by atoms with Crippen LogP contribution >= 0.6 is 23.2 Å². The predicted molar refractivity (Wildman–Crippen MR) is 59.9 cm³/mol. The van der Waals surface area contributed by atoms with Crippen LogP contribution in [0.5, 0.6) is 0 Å². The highest BCUT2D eigenvalue weighted by molar-refractivity contribution is 6.35. The summed E-state index contributed by atoms with van der Waals surface area (Å²) in [7, 11) is 1.78. The number of halogens is 2. The van der Waals surface area contributed by atoms with Crippen LogP contribution in [0.15, 0.2) is 18.2 Å². The molecule has 2 unspecified atom stereocenters. The fraction of sp³-hybridized carbons (Fsp3) is 0.400. The third-order valence-corrected chi connectivity index (χ3v) is 2.65. The van der Waals surface area contributed by atoms with Crippen LogP contribution in [-0.2, 0) is 0 Å². The van der Waals surface area contributed by atoms with E-state index in [1.165, 1.54) is 0 Å². The molecule has 0 radical (unpaired) electrons. The molecule has 0 aliphatic carbocycles. The van der Waals surface area contributed by atoms with Crippen molar-refractivity contribution in [2.75, 3.05) is 7.05 Å². The van der Waals surface area contributed by atoms with Crippen molar-refractivity contribution in [3.63, 3.8) is 0 Å². The number of hydrogen-bond donors (Lipinski definition) is 2. The summed E-state index contributed by atoms with van der Waals surface area (Å²) in [6, 6.07) is 5.08. The van der Waals surface area contributed by atoms with Gasteiger partial charge in [0, 0.05) is 10.0 Å². The number of aliphatic hydroxyl groups is 1. The van der Waals surface area contributed by atoms with E-state index in [2.05, 4.69) is 5.32 Å². The number of rotatable bonds is 3. The van der Waals surface area contributed by atoms with Crippen LogP contribution in [0.4, 0.5) is 0 Å². The van der Waals surface area contributed by atoms with Gasteiger partial charge >= 0.3 is 0 Å². The lowest BCUT2D eigenvalue weighted by Crippen LogP contribution is -2.27. The number of benzene rings is 1. The molecule has 0 aliphatic heterocycles. The predicted octanol–water partition coefficient (Wildman–Crippen LogP) is 2.63. The van der Waals surface area contributed by atoms with Gasteiger partial charge in [0.15, 0.2) is 0 Å². The lowest BCUT2D eigenvalue weighted by molar-refractivity contribution is 0.150. The summed E-state index contributed by atoms with van der Waals surface area (Å²) in [5, 5.41) is 13.7. The summed E-state index contributed by atoms with van der Waals surface area (Å²) in [4.78, 5) is 0. The minimum absolute atomic E-state index is 0.167. The molecule has 0 spiro atoms. The van der Waals surface area contributed by atoms with E-state index in [0.29, 0.717) is 10.0 Å². The van der Waals surface area contributed by atoms with Gasteiger partial charge in [-0.25, -0.2) is 0 Å². The van der Waals surface area contributed by atoms with Gasteiger partial charge in [-0.2, -0.15) is 0 Å². The highest BCUT2D eigenvalue weighted by atomic mass is 35.5. The first-order chi connectivity index (χ1) is 6.56. The zero-order valence-corrected chi connectivity index (χ0v) is 9.60. The standard InChI is InChI=1S/C10H13Cl2NO/c1-6(14)10(13-2)8-4-3-7(11)5-9(8)12/h3-6,10,13-14H,1-2H3. The van der Waals surface area contributed by atoms with Crippen LogP contribution in [0.25, 0.3) is 0 Å².